The van der Waals surface area contributed by atoms with Gasteiger partial charge in [0.2, 0.25) is 0 Å². The fourth-order valence-electron chi connectivity index (χ4n) is 5.74. The molecule has 4 aliphatic rings. The lowest BCUT2D eigenvalue weighted by atomic mass is 9.48. The van der Waals surface area contributed by atoms with Crippen molar-refractivity contribution in [3.05, 3.63) is 70.8 Å². The zero-order valence-corrected chi connectivity index (χ0v) is 14.2. The Bertz CT molecular complexity index is 925. The largest absolute Gasteiger partial charge is 0.299 e. The molecule has 25 heavy (non-hydrogen) atoms. The molecular formula is C22H18O3. The van der Waals surface area contributed by atoms with Crippen molar-refractivity contribution in [1.29, 1.82) is 0 Å². The SMILES string of the molecule is CC(=O)[C@@H]1C(=O)[C@@H]2C3c4ccccc4C(c4ccccc43)[C@]2(C)C1=O. The Morgan fingerprint density at radius 1 is 0.880 bits per heavy atom. The average Bonchev–Trinajstić information content (AvgIpc) is 2.81. The minimum atomic E-state index is -1.09. The standard InChI is InChI=1S/C22H18O3/c1-11(23)16-20(24)19-17-12-7-3-5-9-14(12)18(22(19,2)21(16)25)15-10-6-4-8-13(15)17/h3-10,16-19H,1-2H3/t16-,17?,18?,19+,22+/m1/s1. The number of rotatable bonds is 1. The molecule has 0 aliphatic heterocycles. The Balaban J connectivity index is 1.87. The van der Waals surface area contributed by atoms with Crippen LogP contribution in [-0.4, -0.2) is 17.3 Å². The molecule has 0 spiro atoms. The monoisotopic (exact) mass is 330 g/mol. The highest BCUT2D eigenvalue weighted by molar-refractivity contribution is 6.27. The second-order valence-corrected chi connectivity index (χ2v) is 7.74. The van der Waals surface area contributed by atoms with Crippen LogP contribution in [0.1, 0.15) is 47.9 Å². The van der Waals surface area contributed by atoms with Gasteiger partial charge in [-0.1, -0.05) is 55.5 Å². The van der Waals surface area contributed by atoms with E-state index in [0.29, 0.717) is 0 Å². The van der Waals surface area contributed by atoms with Gasteiger partial charge in [0.15, 0.2) is 11.6 Å². The first-order chi connectivity index (χ1) is 12.0. The summed E-state index contributed by atoms with van der Waals surface area (Å²) >= 11 is 0. The summed E-state index contributed by atoms with van der Waals surface area (Å²) in [5.41, 5.74) is 3.71. The van der Waals surface area contributed by atoms with Crippen molar-refractivity contribution in [2.75, 3.05) is 0 Å². The molecule has 4 aliphatic carbocycles. The van der Waals surface area contributed by atoms with Gasteiger partial charge in [0, 0.05) is 23.2 Å². The molecule has 3 atom stereocenters. The number of carbonyl (C=O) groups is 3. The van der Waals surface area contributed by atoms with Crippen LogP contribution in [0.2, 0.25) is 0 Å². The van der Waals surface area contributed by atoms with Crippen LogP contribution in [-0.2, 0) is 14.4 Å². The van der Waals surface area contributed by atoms with Crippen LogP contribution >= 0.6 is 0 Å². The van der Waals surface area contributed by atoms with Gasteiger partial charge in [-0.25, -0.2) is 0 Å². The molecule has 0 radical (unpaired) electrons. The highest BCUT2D eigenvalue weighted by Gasteiger charge is 2.69. The quantitative estimate of drug-likeness (QED) is 0.754. The first kappa shape index (κ1) is 14.8. The molecule has 0 unspecified atom stereocenters. The van der Waals surface area contributed by atoms with E-state index in [1.807, 2.05) is 31.2 Å². The van der Waals surface area contributed by atoms with Crippen molar-refractivity contribution < 1.29 is 14.4 Å². The number of Topliss-reactive ketones (excluding diaryl/α,β-unsaturated/α-hetero) is 3. The number of hydrogen-bond acceptors (Lipinski definition) is 3. The summed E-state index contributed by atoms with van der Waals surface area (Å²) in [6, 6.07) is 16.2. The third-order valence-electron chi connectivity index (χ3n) is 6.65. The number of hydrogen-bond donors (Lipinski definition) is 0. The maximum Gasteiger partial charge on any atom is 0.158 e. The molecule has 3 heteroatoms. The zero-order valence-electron chi connectivity index (χ0n) is 14.2. The molecule has 0 saturated heterocycles. The summed E-state index contributed by atoms with van der Waals surface area (Å²) in [5.74, 6) is -2.52. The van der Waals surface area contributed by atoms with E-state index in [0.717, 1.165) is 22.3 Å². The molecule has 2 bridgehead atoms. The van der Waals surface area contributed by atoms with E-state index in [9.17, 15) is 14.4 Å². The predicted octanol–water partition coefficient (Wildman–Crippen LogP) is 3.26. The van der Waals surface area contributed by atoms with Gasteiger partial charge in [0.05, 0.1) is 0 Å². The van der Waals surface area contributed by atoms with Gasteiger partial charge >= 0.3 is 0 Å². The Labute approximate surface area is 146 Å². The Hall–Kier alpha value is -2.55. The smallest absolute Gasteiger partial charge is 0.158 e. The van der Waals surface area contributed by atoms with Crippen molar-refractivity contribution in [3.8, 4) is 0 Å². The zero-order chi connectivity index (χ0) is 17.5. The fraction of sp³-hybridized carbons (Fsp3) is 0.318. The summed E-state index contributed by atoms with van der Waals surface area (Å²) in [7, 11) is 0. The van der Waals surface area contributed by atoms with Crippen LogP contribution in [0.3, 0.4) is 0 Å². The lowest BCUT2D eigenvalue weighted by molar-refractivity contribution is -0.137. The van der Waals surface area contributed by atoms with E-state index >= 15 is 0 Å². The summed E-state index contributed by atoms with van der Waals surface area (Å²) in [6.45, 7) is 3.27. The van der Waals surface area contributed by atoms with E-state index in [4.69, 9.17) is 0 Å². The third-order valence-corrected chi connectivity index (χ3v) is 6.65. The summed E-state index contributed by atoms with van der Waals surface area (Å²) in [6.07, 6.45) is 0. The Morgan fingerprint density at radius 2 is 1.36 bits per heavy atom. The average molecular weight is 330 g/mol. The molecule has 2 aromatic carbocycles. The maximum absolute atomic E-state index is 13.3. The molecule has 0 aromatic heterocycles. The molecule has 0 heterocycles. The normalized spacial score (nSPS) is 34.5. The minimum Gasteiger partial charge on any atom is -0.299 e. The maximum atomic E-state index is 13.3. The molecule has 2 aromatic rings. The third kappa shape index (κ3) is 1.50. The van der Waals surface area contributed by atoms with Crippen molar-refractivity contribution in [2.45, 2.75) is 25.7 Å². The highest BCUT2D eigenvalue weighted by atomic mass is 16.2. The van der Waals surface area contributed by atoms with Gasteiger partial charge in [0.25, 0.3) is 0 Å². The second kappa shape index (κ2) is 4.54. The molecular weight excluding hydrogens is 312 g/mol. The molecule has 6 rings (SSSR count). The molecule has 0 amide bonds. The molecule has 3 nitrogen and oxygen atoms in total. The minimum absolute atomic E-state index is 0.136. The summed E-state index contributed by atoms with van der Waals surface area (Å²) in [5, 5.41) is 0. The van der Waals surface area contributed by atoms with Crippen LogP contribution in [0, 0.1) is 17.3 Å². The van der Waals surface area contributed by atoms with E-state index < -0.39 is 17.3 Å². The van der Waals surface area contributed by atoms with Crippen LogP contribution in [0.5, 0.6) is 0 Å². The first-order valence-electron chi connectivity index (χ1n) is 8.74. The Morgan fingerprint density at radius 3 is 1.84 bits per heavy atom. The van der Waals surface area contributed by atoms with Crippen LogP contribution in [0.25, 0.3) is 0 Å². The molecule has 1 saturated carbocycles. The van der Waals surface area contributed by atoms with Gasteiger partial charge in [0.1, 0.15) is 11.7 Å². The first-order valence-corrected chi connectivity index (χ1v) is 8.74. The number of ketones is 3. The van der Waals surface area contributed by atoms with Gasteiger partial charge in [-0.2, -0.15) is 0 Å². The lowest BCUT2D eigenvalue weighted by Gasteiger charge is -2.52. The number of carbonyl (C=O) groups excluding carboxylic acids is 3. The van der Waals surface area contributed by atoms with Crippen LogP contribution in [0.4, 0.5) is 0 Å². The Kier molecular flexibility index (Phi) is 2.68. The second-order valence-electron chi connectivity index (χ2n) is 7.74. The van der Waals surface area contributed by atoms with Gasteiger partial charge < -0.3 is 0 Å². The molecule has 124 valence electrons. The molecule has 1 fully saturated rings. The topological polar surface area (TPSA) is 51.2 Å². The van der Waals surface area contributed by atoms with E-state index in [2.05, 4.69) is 24.3 Å². The van der Waals surface area contributed by atoms with Crippen molar-refractivity contribution >= 4 is 17.3 Å². The van der Waals surface area contributed by atoms with Gasteiger partial charge in [-0.15, -0.1) is 0 Å². The summed E-state index contributed by atoms with van der Waals surface area (Å²) in [4.78, 5) is 38.5. The van der Waals surface area contributed by atoms with E-state index in [1.165, 1.54) is 6.92 Å². The predicted molar refractivity (Wildman–Crippen MR) is 92.4 cm³/mol. The van der Waals surface area contributed by atoms with Gasteiger partial charge in [-0.3, -0.25) is 14.4 Å². The van der Waals surface area contributed by atoms with Gasteiger partial charge in [-0.05, 0) is 29.2 Å². The van der Waals surface area contributed by atoms with Crippen molar-refractivity contribution in [1.82, 2.24) is 0 Å². The van der Waals surface area contributed by atoms with E-state index in [1.54, 1.807) is 0 Å². The van der Waals surface area contributed by atoms with Crippen LogP contribution in [0.15, 0.2) is 48.5 Å². The van der Waals surface area contributed by atoms with E-state index in [-0.39, 0.29) is 29.2 Å². The lowest BCUT2D eigenvalue weighted by Crippen LogP contribution is -2.49. The van der Waals surface area contributed by atoms with Crippen molar-refractivity contribution in [3.63, 3.8) is 0 Å². The number of benzene rings is 2. The highest BCUT2D eigenvalue weighted by Crippen LogP contribution is 2.67. The fourth-order valence-corrected chi connectivity index (χ4v) is 5.74. The summed E-state index contributed by atoms with van der Waals surface area (Å²) < 4.78 is 0. The molecule has 0 N–H and O–H groups in total. The van der Waals surface area contributed by atoms with Crippen molar-refractivity contribution in [2.24, 2.45) is 17.3 Å². The van der Waals surface area contributed by atoms with Crippen LogP contribution < -0.4 is 0 Å².